The van der Waals surface area contributed by atoms with Crippen LogP contribution in [-0.2, 0) is 10.0 Å². The van der Waals surface area contributed by atoms with E-state index in [1.807, 2.05) is 0 Å². The lowest BCUT2D eigenvalue weighted by Crippen LogP contribution is -2.17. The van der Waals surface area contributed by atoms with Crippen LogP contribution in [0.15, 0.2) is 18.2 Å². The Labute approximate surface area is 133 Å². The summed E-state index contributed by atoms with van der Waals surface area (Å²) in [4.78, 5) is 0. The van der Waals surface area contributed by atoms with Crippen molar-refractivity contribution in [3.05, 3.63) is 24.0 Å². The molecule has 1 heterocycles. The Hall–Kier alpha value is -2.16. The van der Waals surface area contributed by atoms with Crippen LogP contribution in [0.2, 0.25) is 0 Å². The van der Waals surface area contributed by atoms with E-state index in [9.17, 15) is 8.42 Å². The van der Waals surface area contributed by atoms with Gasteiger partial charge in [-0.05, 0) is 54.3 Å². The zero-order valence-corrected chi connectivity index (χ0v) is 13.5. The predicted octanol–water partition coefficient (Wildman–Crippen LogP) is 1.45. The number of nitrogens with one attached hydrogen (secondary N) is 1. The van der Waals surface area contributed by atoms with Crippen molar-refractivity contribution in [3.63, 3.8) is 0 Å². The minimum absolute atomic E-state index is 0.275. The lowest BCUT2D eigenvalue weighted by atomic mass is 10.2. The lowest BCUT2D eigenvalue weighted by molar-refractivity contribution is 0.411. The molecule has 2 fully saturated rings. The maximum atomic E-state index is 12.1. The molecule has 1 aromatic carbocycles. The second-order valence-electron chi connectivity index (χ2n) is 5.96. The summed E-state index contributed by atoms with van der Waals surface area (Å²) in [6, 6.07) is 5.11. The number of hydrogen-bond donors (Lipinski definition) is 1. The van der Waals surface area contributed by atoms with Crippen molar-refractivity contribution in [1.29, 1.82) is 0 Å². The largest absolute Gasteiger partial charge is 0.494 e. The first-order chi connectivity index (χ1) is 11.1. The molecule has 2 saturated carbocycles. The molecule has 2 aliphatic rings. The number of anilines is 1. The average Bonchev–Trinajstić information content (AvgIpc) is 3.44. The monoisotopic (exact) mass is 335 g/mol. The molecule has 0 atom stereocenters. The SMILES string of the molecule is COc1ccc(NS(=O)(=O)C2CC2)cc1-n1nnnc1C1CC1. The summed E-state index contributed by atoms with van der Waals surface area (Å²) < 4.78 is 33.9. The lowest BCUT2D eigenvalue weighted by Gasteiger charge is -2.13. The number of aromatic nitrogens is 4. The van der Waals surface area contributed by atoms with Crippen LogP contribution in [0.4, 0.5) is 5.69 Å². The third-order valence-electron chi connectivity index (χ3n) is 4.07. The molecule has 0 bridgehead atoms. The van der Waals surface area contributed by atoms with Gasteiger partial charge in [0.2, 0.25) is 10.0 Å². The fourth-order valence-corrected chi connectivity index (χ4v) is 3.89. The first-order valence-corrected chi connectivity index (χ1v) is 9.11. The van der Waals surface area contributed by atoms with Crippen molar-refractivity contribution >= 4 is 15.7 Å². The van der Waals surface area contributed by atoms with Crippen molar-refractivity contribution in [2.24, 2.45) is 0 Å². The first-order valence-electron chi connectivity index (χ1n) is 7.57. The smallest absolute Gasteiger partial charge is 0.235 e. The Morgan fingerprint density at radius 2 is 2.04 bits per heavy atom. The standard InChI is InChI=1S/C14H17N5O3S/c1-22-13-7-4-10(16-23(20,21)11-5-6-11)8-12(13)19-14(9-2-3-9)15-17-18-19/h4,7-9,11,16H,2-3,5-6H2,1H3. The van der Waals surface area contributed by atoms with Gasteiger partial charge in [-0.15, -0.1) is 5.10 Å². The number of benzene rings is 1. The predicted molar refractivity (Wildman–Crippen MR) is 83.2 cm³/mol. The van der Waals surface area contributed by atoms with Crippen LogP contribution < -0.4 is 9.46 Å². The molecular formula is C14H17N5O3S. The number of hydrogen-bond acceptors (Lipinski definition) is 6. The van der Waals surface area contributed by atoms with Gasteiger partial charge in [-0.3, -0.25) is 4.72 Å². The summed E-state index contributed by atoms with van der Waals surface area (Å²) in [6.07, 6.45) is 3.57. The van der Waals surface area contributed by atoms with Crippen LogP contribution in [0.5, 0.6) is 5.75 Å². The molecular weight excluding hydrogens is 318 g/mol. The quantitative estimate of drug-likeness (QED) is 0.858. The van der Waals surface area contributed by atoms with Crippen LogP contribution in [0, 0.1) is 0 Å². The van der Waals surface area contributed by atoms with Crippen LogP contribution in [-0.4, -0.2) is 41.0 Å². The zero-order valence-electron chi connectivity index (χ0n) is 12.6. The Morgan fingerprint density at radius 3 is 2.70 bits per heavy atom. The van der Waals surface area contributed by atoms with Crippen LogP contribution in [0.25, 0.3) is 5.69 Å². The second kappa shape index (κ2) is 5.19. The molecule has 23 heavy (non-hydrogen) atoms. The van der Waals surface area contributed by atoms with Gasteiger partial charge in [0, 0.05) is 5.92 Å². The van der Waals surface area contributed by atoms with Gasteiger partial charge in [-0.1, -0.05) is 0 Å². The van der Waals surface area contributed by atoms with Crippen LogP contribution >= 0.6 is 0 Å². The van der Waals surface area contributed by atoms with E-state index in [2.05, 4.69) is 20.2 Å². The highest BCUT2D eigenvalue weighted by molar-refractivity contribution is 7.93. The Kier molecular flexibility index (Phi) is 3.26. The molecule has 0 amide bonds. The van der Waals surface area contributed by atoms with Gasteiger partial charge < -0.3 is 4.74 Å². The highest BCUT2D eigenvalue weighted by atomic mass is 32.2. The molecule has 1 N–H and O–H groups in total. The summed E-state index contributed by atoms with van der Waals surface area (Å²) >= 11 is 0. The van der Waals surface area contributed by atoms with E-state index < -0.39 is 10.0 Å². The number of methoxy groups -OCH3 is 1. The van der Waals surface area contributed by atoms with Gasteiger partial charge in [0.1, 0.15) is 11.4 Å². The number of nitrogens with zero attached hydrogens (tertiary/aromatic N) is 4. The first kappa shape index (κ1) is 14.4. The molecule has 0 radical (unpaired) electrons. The fourth-order valence-electron chi connectivity index (χ4n) is 2.51. The van der Waals surface area contributed by atoms with Crippen molar-refractivity contribution in [2.45, 2.75) is 36.9 Å². The van der Waals surface area contributed by atoms with Gasteiger partial charge in [0.15, 0.2) is 5.82 Å². The molecule has 2 aliphatic carbocycles. The van der Waals surface area contributed by atoms with E-state index in [1.54, 1.807) is 30.0 Å². The molecule has 1 aromatic heterocycles. The highest BCUT2D eigenvalue weighted by Crippen LogP contribution is 2.40. The third kappa shape index (κ3) is 2.76. The van der Waals surface area contributed by atoms with Crippen molar-refractivity contribution in [1.82, 2.24) is 20.2 Å². The summed E-state index contributed by atoms with van der Waals surface area (Å²) in [5.41, 5.74) is 1.13. The molecule has 9 heteroatoms. The molecule has 8 nitrogen and oxygen atoms in total. The second-order valence-corrected chi connectivity index (χ2v) is 7.92. The van der Waals surface area contributed by atoms with Gasteiger partial charge in [0.25, 0.3) is 0 Å². The highest BCUT2D eigenvalue weighted by Gasteiger charge is 2.36. The molecule has 4 rings (SSSR count). The van der Waals surface area contributed by atoms with Crippen molar-refractivity contribution in [2.75, 3.05) is 11.8 Å². The minimum atomic E-state index is -3.31. The van der Waals surface area contributed by atoms with E-state index in [-0.39, 0.29) is 5.25 Å². The van der Waals surface area contributed by atoms with Gasteiger partial charge in [-0.25, -0.2) is 8.42 Å². The summed E-state index contributed by atoms with van der Waals surface area (Å²) in [7, 11) is -1.75. The third-order valence-corrected chi connectivity index (χ3v) is 5.94. The molecule has 0 aliphatic heterocycles. The van der Waals surface area contributed by atoms with Crippen molar-refractivity contribution in [3.8, 4) is 11.4 Å². The maximum Gasteiger partial charge on any atom is 0.235 e. The Balaban J connectivity index is 1.72. The fraction of sp³-hybridized carbons (Fsp3) is 0.500. The molecule has 2 aromatic rings. The van der Waals surface area contributed by atoms with E-state index in [1.165, 1.54) is 0 Å². The topological polar surface area (TPSA) is 99.0 Å². The molecule has 0 saturated heterocycles. The summed E-state index contributed by atoms with van der Waals surface area (Å²) in [5, 5.41) is 11.6. The minimum Gasteiger partial charge on any atom is -0.494 e. The molecule has 122 valence electrons. The zero-order chi connectivity index (χ0) is 16.0. The van der Waals surface area contributed by atoms with E-state index in [0.29, 0.717) is 23.0 Å². The Bertz CT molecular complexity index is 840. The number of tetrazole rings is 1. The van der Waals surface area contributed by atoms with E-state index in [4.69, 9.17) is 4.74 Å². The van der Waals surface area contributed by atoms with Gasteiger partial charge in [-0.2, -0.15) is 4.68 Å². The normalized spacial score (nSPS) is 18.0. The van der Waals surface area contributed by atoms with Crippen LogP contribution in [0.3, 0.4) is 0 Å². The molecule has 0 spiro atoms. The van der Waals surface area contributed by atoms with Crippen LogP contribution in [0.1, 0.15) is 37.4 Å². The summed E-state index contributed by atoms with van der Waals surface area (Å²) in [6.45, 7) is 0. The van der Waals surface area contributed by atoms with Gasteiger partial charge >= 0.3 is 0 Å². The summed E-state index contributed by atoms with van der Waals surface area (Å²) in [5.74, 6) is 1.74. The van der Waals surface area contributed by atoms with Crippen molar-refractivity contribution < 1.29 is 13.2 Å². The average molecular weight is 335 g/mol. The number of sulfonamides is 1. The van der Waals surface area contributed by atoms with E-state index in [0.717, 1.165) is 31.5 Å². The van der Waals surface area contributed by atoms with E-state index >= 15 is 0 Å². The maximum absolute atomic E-state index is 12.1. The number of rotatable bonds is 6. The van der Waals surface area contributed by atoms with Gasteiger partial charge in [0.05, 0.1) is 18.0 Å². The number of ether oxygens (including phenoxy) is 1. The molecule has 0 unspecified atom stereocenters. The Morgan fingerprint density at radius 1 is 1.26 bits per heavy atom.